The Bertz CT molecular complexity index is 1390. The summed E-state index contributed by atoms with van der Waals surface area (Å²) in [5.74, 6) is 0.587. The SMILES string of the molecule is Cc1ccccc1-n1nc(-c2nc(-c3ccccn3)no2)c2ccccc2c1=O. The summed E-state index contributed by atoms with van der Waals surface area (Å²) in [5.41, 5.74) is 2.47. The van der Waals surface area contributed by atoms with Crippen LogP contribution >= 0.6 is 0 Å². The summed E-state index contributed by atoms with van der Waals surface area (Å²) >= 11 is 0. The van der Waals surface area contributed by atoms with Crippen molar-refractivity contribution >= 4 is 10.8 Å². The molecule has 0 saturated carbocycles. The van der Waals surface area contributed by atoms with E-state index in [1.54, 1.807) is 18.3 Å². The Balaban J connectivity index is 1.77. The molecule has 0 bridgehead atoms. The number of aromatic nitrogens is 5. The molecule has 0 radical (unpaired) electrons. The van der Waals surface area contributed by atoms with Gasteiger partial charge in [-0.25, -0.2) is 0 Å². The molecule has 0 saturated heterocycles. The zero-order chi connectivity index (χ0) is 19.8. The van der Waals surface area contributed by atoms with Gasteiger partial charge in [0.15, 0.2) is 5.69 Å². The summed E-state index contributed by atoms with van der Waals surface area (Å²) in [5, 5.41) is 9.81. The normalized spacial score (nSPS) is 11.1. The number of pyridine rings is 1. The molecular formula is C22H15N5O2. The van der Waals surface area contributed by atoms with Crippen LogP contribution in [0, 0.1) is 6.92 Å². The first-order valence-corrected chi connectivity index (χ1v) is 9.06. The van der Waals surface area contributed by atoms with Crippen molar-refractivity contribution in [3.05, 3.63) is 88.8 Å². The van der Waals surface area contributed by atoms with Crippen LogP contribution in [0.2, 0.25) is 0 Å². The summed E-state index contributed by atoms with van der Waals surface area (Å²) in [6.07, 6.45) is 1.66. The molecule has 7 heteroatoms. The Labute approximate surface area is 165 Å². The van der Waals surface area contributed by atoms with E-state index in [1.807, 2.05) is 61.5 Å². The first-order valence-electron chi connectivity index (χ1n) is 9.06. The Hall–Kier alpha value is -4.13. The third-order valence-corrected chi connectivity index (χ3v) is 4.67. The maximum absolute atomic E-state index is 13.1. The minimum atomic E-state index is -0.205. The molecule has 0 aliphatic rings. The van der Waals surface area contributed by atoms with Gasteiger partial charge in [-0.15, -0.1) is 0 Å². The number of hydrogen-bond donors (Lipinski definition) is 0. The molecule has 0 N–H and O–H groups in total. The highest BCUT2D eigenvalue weighted by Gasteiger charge is 2.19. The van der Waals surface area contributed by atoms with E-state index in [0.717, 1.165) is 5.56 Å². The van der Waals surface area contributed by atoms with Crippen LogP contribution in [0.15, 0.2) is 82.2 Å². The van der Waals surface area contributed by atoms with Crippen molar-refractivity contribution in [1.29, 1.82) is 0 Å². The van der Waals surface area contributed by atoms with Gasteiger partial charge in [0, 0.05) is 11.6 Å². The van der Waals surface area contributed by atoms with E-state index in [0.29, 0.717) is 33.7 Å². The van der Waals surface area contributed by atoms with Crippen molar-refractivity contribution in [1.82, 2.24) is 24.9 Å². The lowest BCUT2D eigenvalue weighted by Gasteiger charge is -2.11. The highest BCUT2D eigenvalue weighted by atomic mass is 16.5. The fraction of sp³-hybridized carbons (Fsp3) is 0.0455. The number of aryl methyl sites for hydroxylation is 1. The van der Waals surface area contributed by atoms with Gasteiger partial charge in [-0.2, -0.15) is 14.8 Å². The summed E-state index contributed by atoms with van der Waals surface area (Å²) in [4.78, 5) is 21.8. The summed E-state index contributed by atoms with van der Waals surface area (Å²) in [6.45, 7) is 1.93. The largest absolute Gasteiger partial charge is 0.332 e. The Morgan fingerprint density at radius 1 is 0.897 bits per heavy atom. The van der Waals surface area contributed by atoms with Crippen LogP contribution in [-0.4, -0.2) is 24.9 Å². The van der Waals surface area contributed by atoms with Gasteiger partial charge in [-0.1, -0.05) is 47.6 Å². The van der Waals surface area contributed by atoms with Crippen LogP contribution in [-0.2, 0) is 0 Å². The second-order valence-corrected chi connectivity index (χ2v) is 6.54. The summed E-state index contributed by atoms with van der Waals surface area (Å²) in [7, 11) is 0. The smallest absolute Gasteiger partial charge is 0.279 e. The summed E-state index contributed by atoms with van der Waals surface area (Å²) in [6, 6.07) is 20.3. The quantitative estimate of drug-likeness (QED) is 0.472. The minimum absolute atomic E-state index is 0.205. The number of para-hydroxylation sites is 1. The van der Waals surface area contributed by atoms with Gasteiger partial charge in [0.1, 0.15) is 5.69 Å². The molecule has 0 spiro atoms. The van der Waals surface area contributed by atoms with Crippen molar-refractivity contribution in [3.63, 3.8) is 0 Å². The van der Waals surface area contributed by atoms with Crippen molar-refractivity contribution < 1.29 is 4.52 Å². The van der Waals surface area contributed by atoms with Crippen LogP contribution in [0.3, 0.4) is 0 Å². The van der Waals surface area contributed by atoms with Crippen LogP contribution in [0.1, 0.15) is 5.56 Å². The standard InChI is InChI=1S/C22H15N5O2/c1-14-8-2-5-12-18(14)27-22(28)16-10-4-3-9-15(16)19(25-27)21-24-20(26-29-21)17-11-6-7-13-23-17/h2-13H,1H3. The Morgan fingerprint density at radius 3 is 2.45 bits per heavy atom. The zero-order valence-electron chi connectivity index (χ0n) is 15.5. The van der Waals surface area contributed by atoms with E-state index in [1.165, 1.54) is 4.68 Å². The maximum Gasteiger partial charge on any atom is 0.279 e. The lowest BCUT2D eigenvalue weighted by Crippen LogP contribution is -2.23. The van der Waals surface area contributed by atoms with Gasteiger partial charge in [-0.3, -0.25) is 9.78 Å². The van der Waals surface area contributed by atoms with Crippen LogP contribution in [0.4, 0.5) is 0 Å². The van der Waals surface area contributed by atoms with Gasteiger partial charge in [0.05, 0.1) is 11.1 Å². The molecule has 29 heavy (non-hydrogen) atoms. The third-order valence-electron chi connectivity index (χ3n) is 4.67. The van der Waals surface area contributed by atoms with Gasteiger partial charge >= 0.3 is 0 Å². The number of fused-ring (bicyclic) bond motifs is 1. The van der Waals surface area contributed by atoms with Gasteiger partial charge in [0.25, 0.3) is 11.4 Å². The average molecular weight is 381 g/mol. The molecule has 0 aliphatic heterocycles. The van der Waals surface area contributed by atoms with Crippen molar-refractivity contribution in [3.8, 4) is 28.8 Å². The number of benzene rings is 2. The predicted molar refractivity (Wildman–Crippen MR) is 109 cm³/mol. The van der Waals surface area contributed by atoms with Crippen LogP contribution in [0.25, 0.3) is 39.6 Å². The number of hydrogen-bond acceptors (Lipinski definition) is 6. The van der Waals surface area contributed by atoms with Crippen LogP contribution in [0.5, 0.6) is 0 Å². The molecule has 2 aromatic carbocycles. The predicted octanol–water partition coefficient (Wildman–Crippen LogP) is 3.81. The molecule has 0 aliphatic carbocycles. The highest BCUT2D eigenvalue weighted by Crippen LogP contribution is 2.26. The molecule has 5 aromatic rings. The fourth-order valence-corrected chi connectivity index (χ4v) is 3.23. The number of rotatable bonds is 3. The molecule has 7 nitrogen and oxygen atoms in total. The maximum atomic E-state index is 13.1. The number of nitrogens with zero attached hydrogens (tertiary/aromatic N) is 5. The first-order chi connectivity index (χ1) is 14.2. The highest BCUT2D eigenvalue weighted by molar-refractivity contribution is 5.92. The van der Waals surface area contributed by atoms with E-state index < -0.39 is 0 Å². The third kappa shape index (κ3) is 2.89. The molecule has 3 heterocycles. The topological polar surface area (TPSA) is 86.7 Å². The van der Waals surface area contributed by atoms with E-state index in [4.69, 9.17) is 4.52 Å². The van der Waals surface area contributed by atoms with Gasteiger partial charge in [0.2, 0.25) is 5.82 Å². The van der Waals surface area contributed by atoms with Crippen LogP contribution < -0.4 is 5.56 Å². The molecule has 140 valence electrons. The lowest BCUT2D eigenvalue weighted by molar-refractivity contribution is 0.430. The Kier molecular flexibility index (Phi) is 3.98. The van der Waals surface area contributed by atoms with Crippen molar-refractivity contribution in [2.75, 3.05) is 0 Å². The second-order valence-electron chi connectivity index (χ2n) is 6.54. The molecule has 0 unspecified atom stereocenters. The van der Waals surface area contributed by atoms with Gasteiger partial charge < -0.3 is 4.52 Å². The molecule has 0 atom stereocenters. The monoisotopic (exact) mass is 381 g/mol. The van der Waals surface area contributed by atoms with Crippen molar-refractivity contribution in [2.45, 2.75) is 6.92 Å². The first kappa shape index (κ1) is 17.0. The molecule has 0 amide bonds. The minimum Gasteiger partial charge on any atom is -0.332 e. The molecule has 5 rings (SSSR count). The van der Waals surface area contributed by atoms with E-state index in [2.05, 4.69) is 20.2 Å². The van der Waals surface area contributed by atoms with E-state index in [-0.39, 0.29) is 11.4 Å². The Morgan fingerprint density at radius 2 is 1.66 bits per heavy atom. The molecular weight excluding hydrogens is 366 g/mol. The van der Waals surface area contributed by atoms with E-state index in [9.17, 15) is 4.79 Å². The molecule has 3 aromatic heterocycles. The second kappa shape index (κ2) is 6.79. The summed E-state index contributed by atoms with van der Waals surface area (Å²) < 4.78 is 6.88. The lowest BCUT2D eigenvalue weighted by atomic mass is 10.1. The van der Waals surface area contributed by atoms with Gasteiger partial charge in [-0.05, 0) is 36.8 Å². The fourth-order valence-electron chi connectivity index (χ4n) is 3.23. The van der Waals surface area contributed by atoms with E-state index >= 15 is 0 Å². The molecule has 0 fully saturated rings. The average Bonchev–Trinajstić information content (AvgIpc) is 3.26. The zero-order valence-corrected chi connectivity index (χ0v) is 15.5. The van der Waals surface area contributed by atoms with Crippen molar-refractivity contribution in [2.24, 2.45) is 0 Å².